The molecule has 4 nitrogen and oxygen atoms in total. The van der Waals surface area contributed by atoms with E-state index in [1.165, 1.54) is 4.90 Å². The van der Waals surface area contributed by atoms with E-state index in [1.54, 1.807) is 7.05 Å². The van der Waals surface area contributed by atoms with Gasteiger partial charge < -0.3 is 4.90 Å². The van der Waals surface area contributed by atoms with E-state index in [2.05, 4.69) is 26.1 Å². The molecule has 1 N–H and O–H groups in total. The molecule has 13 heavy (non-hydrogen) atoms. The van der Waals surface area contributed by atoms with Crippen molar-refractivity contribution >= 4 is 11.9 Å². The van der Waals surface area contributed by atoms with E-state index in [-0.39, 0.29) is 25.9 Å². The fourth-order valence-corrected chi connectivity index (χ4v) is 0.541. The Morgan fingerprint density at radius 2 is 1.69 bits per heavy atom. The molecule has 0 atom stereocenters. The Morgan fingerprint density at radius 3 is 1.77 bits per heavy atom. The smallest absolute Gasteiger partial charge is 0.318 e. The second-order valence-electron chi connectivity index (χ2n) is 3.44. The maximum Gasteiger partial charge on any atom is 0.324 e. The van der Waals surface area contributed by atoms with Gasteiger partial charge in [-0.15, -0.1) is 0 Å². The number of nitrogens with zero attached hydrogens (tertiary/aromatic N) is 1. The molecule has 0 aromatic heterocycles. The Bertz CT molecular complexity index is 176. The number of carbonyl (C=O) groups is 2. The van der Waals surface area contributed by atoms with Gasteiger partial charge in [0.15, 0.2) is 0 Å². The number of likely N-dealkylation sites (N-methyl/N-ethyl adjacent to an activating group) is 1. The monoisotopic (exact) mass is 188 g/mol. The molecule has 78 valence electrons. The topological polar surface area (TPSA) is 49.4 Å². The first kappa shape index (κ1) is 14.5. The molecule has 1 heterocycles. The summed E-state index contributed by atoms with van der Waals surface area (Å²) < 4.78 is 0. The molecule has 1 fully saturated rings. The Labute approximate surface area is 80.3 Å². The highest BCUT2D eigenvalue weighted by atomic mass is 16.2. The van der Waals surface area contributed by atoms with Crippen LogP contribution in [0.4, 0.5) is 4.79 Å². The van der Waals surface area contributed by atoms with Crippen molar-refractivity contribution in [2.24, 2.45) is 5.92 Å². The summed E-state index contributed by atoms with van der Waals surface area (Å²) in [5.41, 5.74) is 0. The molecule has 0 bridgehead atoms. The van der Waals surface area contributed by atoms with Crippen LogP contribution >= 0.6 is 0 Å². The van der Waals surface area contributed by atoms with Crippen molar-refractivity contribution in [1.29, 1.82) is 0 Å². The van der Waals surface area contributed by atoms with Crippen molar-refractivity contribution in [3.05, 3.63) is 0 Å². The van der Waals surface area contributed by atoms with E-state index in [9.17, 15) is 9.59 Å². The minimum Gasteiger partial charge on any atom is -0.318 e. The van der Waals surface area contributed by atoms with E-state index < -0.39 is 0 Å². The van der Waals surface area contributed by atoms with Crippen LogP contribution in [-0.4, -0.2) is 30.4 Å². The highest BCUT2D eigenvalue weighted by Crippen LogP contribution is 1.90. The zero-order valence-electron chi connectivity index (χ0n) is 8.05. The maximum absolute atomic E-state index is 10.4. The van der Waals surface area contributed by atoms with Crippen LogP contribution in [0.2, 0.25) is 0 Å². The van der Waals surface area contributed by atoms with Gasteiger partial charge in [-0.1, -0.05) is 28.2 Å². The number of nitrogens with one attached hydrogen (secondary N) is 1. The van der Waals surface area contributed by atoms with E-state index in [4.69, 9.17) is 0 Å². The summed E-state index contributed by atoms with van der Waals surface area (Å²) in [5.74, 6) is 0.609. The molecule has 1 rings (SSSR count). The van der Waals surface area contributed by atoms with Gasteiger partial charge in [-0.2, -0.15) is 0 Å². The highest BCUT2D eigenvalue weighted by Gasteiger charge is 2.21. The first-order valence-corrected chi connectivity index (χ1v) is 3.98. The van der Waals surface area contributed by atoms with Crippen molar-refractivity contribution < 1.29 is 9.59 Å². The van der Waals surface area contributed by atoms with Gasteiger partial charge >= 0.3 is 6.03 Å². The van der Waals surface area contributed by atoms with Gasteiger partial charge in [-0.3, -0.25) is 10.1 Å². The predicted octanol–water partition coefficient (Wildman–Crippen LogP) is 1.47. The first-order chi connectivity index (χ1) is 5.43. The van der Waals surface area contributed by atoms with Crippen molar-refractivity contribution in [3.8, 4) is 0 Å². The van der Waals surface area contributed by atoms with Crippen molar-refractivity contribution in [3.63, 3.8) is 0 Å². The minimum absolute atomic E-state index is 0. The van der Waals surface area contributed by atoms with E-state index >= 15 is 0 Å². The molecule has 0 aromatic rings. The Hall–Kier alpha value is -1.06. The lowest BCUT2D eigenvalue weighted by Crippen LogP contribution is -2.24. The lowest BCUT2D eigenvalue weighted by molar-refractivity contribution is -0.118. The van der Waals surface area contributed by atoms with Crippen LogP contribution in [0.15, 0.2) is 0 Å². The lowest BCUT2D eigenvalue weighted by Gasteiger charge is -1.99. The van der Waals surface area contributed by atoms with Gasteiger partial charge in [0.25, 0.3) is 0 Å². The molecular weight excluding hydrogens is 168 g/mol. The van der Waals surface area contributed by atoms with E-state index in [0.29, 0.717) is 0 Å². The van der Waals surface area contributed by atoms with Crippen molar-refractivity contribution in [1.82, 2.24) is 10.2 Å². The highest BCUT2D eigenvalue weighted by molar-refractivity contribution is 6.01. The fourth-order valence-electron chi connectivity index (χ4n) is 0.541. The predicted molar refractivity (Wildman–Crippen MR) is 53.4 cm³/mol. The molecule has 0 unspecified atom stereocenters. The third-order valence-corrected chi connectivity index (χ3v) is 0.974. The number of urea groups is 1. The Kier molecular flexibility index (Phi) is 7.18. The molecule has 4 heteroatoms. The zero-order valence-corrected chi connectivity index (χ0v) is 8.05. The van der Waals surface area contributed by atoms with Crippen LogP contribution in [0.5, 0.6) is 0 Å². The van der Waals surface area contributed by atoms with Gasteiger partial charge in [0.05, 0.1) is 0 Å². The normalized spacial score (nSPS) is 14.7. The first-order valence-electron chi connectivity index (χ1n) is 3.98. The number of rotatable bonds is 0. The average molecular weight is 188 g/mol. The summed E-state index contributed by atoms with van der Waals surface area (Å²) in [6.07, 6.45) is 0. The summed E-state index contributed by atoms with van der Waals surface area (Å²) in [6.45, 7) is 6.69. The number of hydrogen-bond acceptors (Lipinski definition) is 2. The molecular formula is C9H20N2O2. The Balaban J connectivity index is 0. The van der Waals surface area contributed by atoms with Gasteiger partial charge in [0.2, 0.25) is 5.91 Å². The van der Waals surface area contributed by atoms with Gasteiger partial charge in [0, 0.05) is 7.05 Å². The molecule has 0 saturated carbocycles. The molecule has 0 aromatic carbocycles. The van der Waals surface area contributed by atoms with Gasteiger partial charge in [0.1, 0.15) is 6.54 Å². The van der Waals surface area contributed by atoms with Gasteiger partial charge in [-0.05, 0) is 5.92 Å². The lowest BCUT2D eigenvalue weighted by atomic mass is 10.3. The van der Waals surface area contributed by atoms with Crippen LogP contribution < -0.4 is 5.32 Å². The molecule has 3 amide bonds. The summed E-state index contributed by atoms with van der Waals surface area (Å²) in [5, 5.41) is 2.11. The number of imide groups is 1. The molecule has 1 aliphatic rings. The van der Waals surface area contributed by atoms with Crippen molar-refractivity contribution in [2.45, 2.75) is 28.2 Å². The van der Waals surface area contributed by atoms with Crippen LogP contribution in [0.3, 0.4) is 0 Å². The summed E-state index contributed by atoms with van der Waals surface area (Å²) >= 11 is 0. The third-order valence-electron chi connectivity index (χ3n) is 0.974. The average Bonchev–Trinajstić information content (AvgIpc) is 2.08. The van der Waals surface area contributed by atoms with Crippen LogP contribution in [0.1, 0.15) is 28.2 Å². The maximum atomic E-state index is 10.4. The van der Waals surface area contributed by atoms with Crippen LogP contribution in [0, 0.1) is 5.92 Å². The zero-order chi connectivity index (χ0) is 9.72. The SMILES string of the molecule is C.CC(C)C.CN1CC(=O)NC1=O. The van der Waals surface area contributed by atoms with E-state index in [1.807, 2.05) is 0 Å². The van der Waals surface area contributed by atoms with Crippen LogP contribution in [0.25, 0.3) is 0 Å². The van der Waals surface area contributed by atoms with Crippen molar-refractivity contribution in [2.75, 3.05) is 13.6 Å². The standard InChI is InChI=1S/C4H6N2O2.C4H10.CH4/c1-6-2-3(7)5-4(6)8;1-4(2)3;/h2H2,1H3,(H,5,7,8);4H,1-3H3;1H4. The van der Waals surface area contributed by atoms with Gasteiger partial charge in [-0.25, -0.2) is 4.79 Å². The largest absolute Gasteiger partial charge is 0.324 e. The molecule has 1 saturated heterocycles. The second kappa shape index (κ2) is 6.46. The quantitative estimate of drug-likeness (QED) is 0.585. The molecule has 0 spiro atoms. The second-order valence-corrected chi connectivity index (χ2v) is 3.44. The number of amides is 3. The summed E-state index contributed by atoms with van der Waals surface area (Å²) in [7, 11) is 1.57. The fraction of sp³-hybridized carbons (Fsp3) is 0.778. The molecule has 0 aliphatic carbocycles. The Morgan fingerprint density at radius 1 is 1.31 bits per heavy atom. The summed E-state index contributed by atoms with van der Waals surface area (Å²) in [6, 6.07) is -0.310. The van der Waals surface area contributed by atoms with Crippen LogP contribution in [-0.2, 0) is 4.79 Å². The molecule has 0 radical (unpaired) electrons. The minimum atomic E-state index is -0.310. The third kappa shape index (κ3) is 7.31. The summed E-state index contributed by atoms with van der Waals surface area (Å²) in [4.78, 5) is 22.0. The van der Waals surface area contributed by atoms with E-state index in [0.717, 1.165) is 5.92 Å². The number of carbonyl (C=O) groups excluding carboxylic acids is 2. The molecule has 1 aliphatic heterocycles. The number of hydrogen-bond donors (Lipinski definition) is 1.